The average molecular weight is 254 g/mol. The number of nitrogens with two attached hydrogens (primary N) is 1. The maximum Gasteiger partial charge on any atom is 0.0426 e. The van der Waals surface area contributed by atoms with Gasteiger partial charge in [0.15, 0.2) is 0 Å². The van der Waals surface area contributed by atoms with Gasteiger partial charge in [-0.25, -0.2) is 0 Å². The molecule has 0 spiro atoms. The number of benzene rings is 2. The Hall–Kier alpha value is -1.96. The maximum absolute atomic E-state index is 5.82. The molecule has 0 saturated heterocycles. The van der Waals surface area contributed by atoms with Crippen LogP contribution in [0.3, 0.4) is 0 Å². The Labute approximate surface area is 115 Å². The summed E-state index contributed by atoms with van der Waals surface area (Å²) < 4.78 is 0. The van der Waals surface area contributed by atoms with Crippen LogP contribution in [0, 0.1) is 0 Å². The van der Waals surface area contributed by atoms with Crippen LogP contribution in [0.4, 0.5) is 11.4 Å². The van der Waals surface area contributed by atoms with E-state index in [1.165, 1.54) is 17.5 Å². The van der Waals surface area contributed by atoms with Gasteiger partial charge in [-0.1, -0.05) is 43.7 Å². The summed E-state index contributed by atoms with van der Waals surface area (Å²) in [6.07, 6.45) is 2.36. The predicted molar refractivity (Wildman–Crippen MR) is 83.4 cm³/mol. The van der Waals surface area contributed by atoms with E-state index in [0.29, 0.717) is 0 Å². The molecule has 0 amide bonds. The van der Waals surface area contributed by atoms with Gasteiger partial charge in [-0.15, -0.1) is 0 Å². The number of hydrogen-bond donors (Lipinski definition) is 1. The van der Waals surface area contributed by atoms with Crippen molar-refractivity contribution in [1.82, 2.24) is 0 Å². The summed E-state index contributed by atoms with van der Waals surface area (Å²) in [5.74, 6) is 0. The van der Waals surface area contributed by atoms with E-state index in [4.69, 9.17) is 5.73 Å². The Balaban J connectivity index is 2.04. The lowest BCUT2D eigenvalue weighted by Gasteiger charge is -2.20. The number of aryl methyl sites for hydroxylation is 1. The molecule has 0 radical (unpaired) electrons. The van der Waals surface area contributed by atoms with Crippen LogP contribution in [0.15, 0.2) is 48.5 Å². The lowest BCUT2D eigenvalue weighted by atomic mass is 10.1. The highest BCUT2D eigenvalue weighted by Crippen LogP contribution is 2.18. The van der Waals surface area contributed by atoms with Gasteiger partial charge in [-0.3, -0.25) is 0 Å². The van der Waals surface area contributed by atoms with E-state index in [2.05, 4.69) is 49.2 Å². The van der Waals surface area contributed by atoms with Crippen LogP contribution in [0.5, 0.6) is 0 Å². The molecule has 100 valence electrons. The van der Waals surface area contributed by atoms with E-state index in [1.807, 2.05) is 18.2 Å². The first-order valence-electron chi connectivity index (χ1n) is 6.83. The third-order valence-corrected chi connectivity index (χ3v) is 3.29. The number of rotatable bonds is 5. The van der Waals surface area contributed by atoms with Gasteiger partial charge in [0, 0.05) is 25.0 Å². The zero-order chi connectivity index (χ0) is 13.7. The molecule has 0 aromatic heterocycles. The second-order valence-electron chi connectivity index (χ2n) is 5.02. The van der Waals surface area contributed by atoms with Gasteiger partial charge in [0.05, 0.1) is 0 Å². The van der Waals surface area contributed by atoms with Crippen LogP contribution in [0.1, 0.15) is 24.5 Å². The summed E-state index contributed by atoms with van der Waals surface area (Å²) in [6, 6.07) is 16.9. The van der Waals surface area contributed by atoms with E-state index in [0.717, 1.165) is 24.3 Å². The topological polar surface area (TPSA) is 29.3 Å². The fourth-order valence-electron chi connectivity index (χ4n) is 2.23. The van der Waals surface area contributed by atoms with Gasteiger partial charge in [0.2, 0.25) is 0 Å². The van der Waals surface area contributed by atoms with Crippen molar-refractivity contribution in [3.8, 4) is 0 Å². The largest absolute Gasteiger partial charge is 0.399 e. The molecule has 0 unspecified atom stereocenters. The van der Waals surface area contributed by atoms with Gasteiger partial charge in [-0.2, -0.15) is 0 Å². The van der Waals surface area contributed by atoms with Crippen molar-refractivity contribution in [2.24, 2.45) is 0 Å². The van der Waals surface area contributed by atoms with Gasteiger partial charge < -0.3 is 10.6 Å². The minimum atomic E-state index is 0.808. The Morgan fingerprint density at radius 3 is 2.32 bits per heavy atom. The molecule has 2 rings (SSSR count). The third kappa shape index (κ3) is 3.75. The van der Waals surface area contributed by atoms with Crippen LogP contribution < -0.4 is 10.6 Å². The summed E-state index contributed by atoms with van der Waals surface area (Å²) in [5.41, 5.74) is 10.5. The number of hydrogen-bond acceptors (Lipinski definition) is 2. The average Bonchev–Trinajstić information content (AvgIpc) is 2.41. The smallest absolute Gasteiger partial charge is 0.0426 e. The van der Waals surface area contributed by atoms with E-state index < -0.39 is 0 Å². The van der Waals surface area contributed by atoms with E-state index in [-0.39, 0.29) is 0 Å². The van der Waals surface area contributed by atoms with Gasteiger partial charge in [0.1, 0.15) is 0 Å². The molecule has 0 fully saturated rings. The predicted octanol–water partition coefficient (Wildman–Crippen LogP) is 3.86. The van der Waals surface area contributed by atoms with Crippen LogP contribution in [-0.2, 0) is 13.0 Å². The molecule has 0 aliphatic heterocycles. The molecule has 0 atom stereocenters. The van der Waals surface area contributed by atoms with Crippen LogP contribution in [0.2, 0.25) is 0 Å². The second kappa shape index (κ2) is 6.28. The van der Waals surface area contributed by atoms with Crippen molar-refractivity contribution >= 4 is 11.4 Å². The number of nitrogen functional groups attached to an aromatic ring is 1. The Kier molecular flexibility index (Phi) is 4.45. The van der Waals surface area contributed by atoms with E-state index in [1.54, 1.807) is 0 Å². The molecule has 2 heteroatoms. The standard InChI is InChI=1S/C17H22N2/c1-3-5-14-8-10-15(11-9-14)13-19(2)17-7-4-6-16(18)12-17/h4,6-12H,3,5,13,18H2,1-2H3. The van der Waals surface area contributed by atoms with Crippen molar-refractivity contribution in [3.05, 3.63) is 59.7 Å². The Morgan fingerprint density at radius 2 is 1.68 bits per heavy atom. The molecular formula is C17H22N2. The minimum Gasteiger partial charge on any atom is -0.399 e. The summed E-state index contributed by atoms with van der Waals surface area (Å²) in [6.45, 7) is 3.11. The Morgan fingerprint density at radius 1 is 1.00 bits per heavy atom. The summed E-state index contributed by atoms with van der Waals surface area (Å²) in [5, 5.41) is 0. The fraction of sp³-hybridized carbons (Fsp3) is 0.294. The van der Waals surface area contributed by atoms with Crippen molar-refractivity contribution in [2.45, 2.75) is 26.3 Å². The van der Waals surface area contributed by atoms with Crippen molar-refractivity contribution < 1.29 is 0 Å². The number of anilines is 2. The van der Waals surface area contributed by atoms with E-state index in [9.17, 15) is 0 Å². The van der Waals surface area contributed by atoms with Crippen LogP contribution in [-0.4, -0.2) is 7.05 Å². The van der Waals surface area contributed by atoms with Crippen LogP contribution in [0.25, 0.3) is 0 Å². The van der Waals surface area contributed by atoms with Crippen molar-refractivity contribution in [3.63, 3.8) is 0 Å². The molecule has 2 aromatic rings. The van der Waals surface area contributed by atoms with Gasteiger partial charge in [0.25, 0.3) is 0 Å². The normalized spacial score (nSPS) is 10.4. The van der Waals surface area contributed by atoms with E-state index >= 15 is 0 Å². The number of nitrogens with zero attached hydrogens (tertiary/aromatic N) is 1. The molecule has 0 bridgehead atoms. The first kappa shape index (κ1) is 13.5. The van der Waals surface area contributed by atoms with Crippen LogP contribution >= 0.6 is 0 Å². The Bertz CT molecular complexity index is 517. The molecule has 0 saturated carbocycles. The first-order chi connectivity index (χ1) is 9.19. The summed E-state index contributed by atoms with van der Waals surface area (Å²) >= 11 is 0. The zero-order valence-corrected chi connectivity index (χ0v) is 11.8. The maximum atomic E-state index is 5.82. The SMILES string of the molecule is CCCc1ccc(CN(C)c2cccc(N)c2)cc1. The van der Waals surface area contributed by atoms with Crippen molar-refractivity contribution in [1.29, 1.82) is 0 Å². The molecule has 2 nitrogen and oxygen atoms in total. The summed E-state index contributed by atoms with van der Waals surface area (Å²) in [7, 11) is 2.09. The fourth-order valence-corrected chi connectivity index (χ4v) is 2.23. The summed E-state index contributed by atoms with van der Waals surface area (Å²) in [4.78, 5) is 2.21. The third-order valence-electron chi connectivity index (χ3n) is 3.29. The molecule has 0 aliphatic carbocycles. The van der Waals surface area contributed by atoms with Gasteiger partial charge >= 0.3 is 0 Å². The van der Waals surface area contributed by atoms with Gasteiger partial charge in [-0.05, 0) is 35.7 Å². The molecule has 2 aromatic carbocycles. The highest BCUT2D eigenvalue weighted by Gasteiger charge is 2.02. The minimum absolute atomic E-state index is 0.808. The lowest BCUT2D eigenvalue weighted by molar-refractivity contribution is 0.905. The van der Waals surface area contributed by atoms with Crippen molar-refractivity contribution in [2.75, 3.05) is 17.7 Å². The molecular weight excluding hydrogens is 232 g/mol. The highest BCUT2D eigenvalue weighted by molar-refractivity contribution is 5.55. The molecule has 19 heavy (non-hydrogen) atoms. The first-order valence-corrected chi connectivity index (χ1v) is 6.83. The highest BCUT2D eigenvalue weighted by atomic mass is 15.1. The lowest BCUT2D eigenvalue weighted by Crippen LogP contribution is -2.16. The molecule has 0 heterocycles. The monoisotopic (exact) mass is 254 g/mol. The quantitative estimate of drug-likeness (QED) is 0.821. The zero-order valence-electron chi connectivity index (χ0n) is 11.8. The molecule has 0 aliphatic rings. The second-order valence-corrected chi connectivity index (χ2v) is 5.02. The molecule has 2 N–H and O–H groups in total.